The van der Waals surface area contributed by atoms with Crippen LogP contribution in [-0.2, 0) is 4.79 Å². The van der Waals surface area contributed by atoms with E-state index in [-0.39, 0.29) is 23.1 Å². The highest BCUT2D eigenvalue weighted by Crippen LogP contribution is 2.45. The van der Waals surface area contributed by atoms with Crippen LogP contribution in [0.15, 0.2) is 22.7 Å². The minimum Gasteiger partial charge on any atom is -0.489 e. The standard InChI is InChI=1S/C14H16BrFO2/c1-3-14(4-2)12(17)8-13(14)18-9-5-6-11(16)10(15)7-9/h5-7,13H,3-4,8H2,1-2H3. The lowest BCUT2D eigenvalue weighted by Crippen LogP contribution is -2.56. The van der Waals surface area contributed by atoms with Gasteiger partial charge < -0.3 is 4.74 Å². The molecule has 0 bridgehead atoms. The molecule has 0 aliphatic heterocycles. The Labute approximate surface area is 115 Å². The van der Waals surface area contributed by atoms with E-state index in [1.165, 1.54) is 6.07 Å². The fraction of sp³-hybridized carbons (Fsp3) is 0.500. The monoisotopic (exact) mass is 314 g/mol. The molecule has 1 atom stereocenters. The lowest BCUT2D eigenvalue weighted by atomic mass is 9.61. The molecule has 1 aromatic rings. The molecular weight excluding hydrogens is 299 g/mol. The van der Waals surface area contributed by atoms with Crippen molar-refractivity contribution in [3.05, 3.63) is 28.5 Å². The number of benzene rings is 1. The summed E-state index contributed by atoms with van der Waals surface area (Å²) >= 11 is 3.13. The Hall–Kier alpha value is -0.900. The largest absolute Gasteiger partial charge is 0.489 e. The summed E-state index contributed by atoms with van der Waals surface area (Å²) in [5, 5.41) is 0. The van der Waals surface area contributed by atoms with Crippen LogP contribution in [0.4, 0.5) is 4.39 Å². The van der Waals surface area contributed by atoms with E-state index in [1.54, 1.807) is 12.1 Å². The Morgan fingerprint density at radius 2 is 2.11 bits per heavy atom. The predicted molar refractivity (Wildman–Crippen MR) is 71.2 cm³/mol. The minimum atomic E-state index is -0.346. The lowest BCUT2D eigenvalue weighted by molar-refractivity contribution is -0.153. The molecule has 1 aliphatic carbocycles. The van der Waals surface area contributed by atoms with E-state index in [2.05, 4.69) is 15.9 Å². The summed E-state index contributed by atoms with van der Waals surface area (Å²) in [5.74, 6) is 0.565. The molecule has 98 valence electrons. The van der Waals surface area contributed by atoms with Gasteiger partial charge in [0.25, 0.3) is 0 Å². The molecule has 0 radical (unpaired) electrons. The highest BCUT2D eigenvalue weighted by molar-refractivity contribution is 9.10. The first-order valence-corrected chi connectivity index (χ1v) is 6.97. The first-order valence-electron chi connectivity index (χ1n) is 6.18. The van der Waals surface area contributed by atoms with Crippen LogP contribution in [0.2, 0.25) is 0 Å². The van der Waals surface area contributed by atoms with Crippen LogP contribution in [0, 0.1) is 11.2 Å². The van der Waals surface area contributed by atoms with Gasteiger partial charge in [0, 0.05) is 6.42 Å². The summed E-state index contributed by atoms with van der Waals surface area (Å²) < 4.78 is 19.3. The molecule has 0 heterocycles. The Morgan fingerprint density at radius 3 is 2.61 bits per heavy atom. The zero-order chi connectivity index (χ0) is 13.3. The van der Waals surface area contributed by atoms with E-state index in [1.807, 2.05) is 13.8 Å². The van der Waals surface area contributed by atoms with Gasteiger partial charge in [-0.2, -0.15) is 0 Å². The van der Waals surface area contributed by atoms with Crippen LogP contribution in [-0.4, -0.2) is 11.9 Å². The smallest absolute Gasteiger partial charge is 0.146 e. The Kier molecular flexibility index (Phi) is 3.76. The second-order valence-electron chi connectivity index (χ2n) is 4.67. The van der Waals surface area contributed by atoms with Crippen molar-refractivity contribution in [2.24, 2.45) is 5.41 Å². The molecule has 0 spiro atoms. The highest BCUT2D eigenvalue weighted by atomic mass is 79.9. The normalized spacial score (nSPS) is 21.6. The Morgan fingerprint density at radius 1 is 1.44 bits per heavy atom. The number of Topliss-reactive ketones (excluding diaryl/α,β-unsaturated/α-hetero) is 1. The zero-order valence-corrected chi connectivity index (χ0v) is 12.1. The minimum absolute atomic E-state index is 0.0858. The van der Waals surface area contributed by atoms with Gasteiger partial charge in [0.05, 0.1) is 9.89 Å². The van der Waals surface area contributed by atoms with Crippen molar-refractivity contribution in [2.75, 3.05) is 0 Å². The van der Waals surface area contributed by atoms with Crippen LogP contribution >= 0.6 is 15.9 Å². The summed E-state index contributed by atoms with van der Waals surface area (Å²) in [4.78, 5) is 11.8. The molecule has 1 saturated carbocycles. The molecular formula is C14H16BrFO2. The maximum Gasteiger partial charge on any atom is 0.146 e. The molecule has 0 aromatic heterocycles. The number of ether oxygens (including phenoxy) is 1. The number of ketones is 1. The van der Waals surface area contributed by atoms with Gasteiger partial charge >= 0.3 is 0 Å². The maximum absolute atomic E-state index is 13.1. The molecule has 1 unspecified atom stereocenters. The van der Waals surface area contributed by atoms with Crippen LogP contribution in [0.5, 0.6) is 5.75 Å². The molecule has 1 fully saturated rings. The predicted octanol–water partition coefficient (Wildman–Crippen LogP) is 4.11. The van der Waals surface area contributed by atoms with Crippen molar-refractivity contribution in [1.82, 2.24) is 0 Å². The molecule has 0 saturated heterocycles. The number of hydrogen-bond acceptors (Lipinski definition) is 2. The van der Waals surface area contributed by atoms with E-state index in [0.29, 0.717) is 16.6 Å². The topological polar surface area (TPSA) is 26.3 Å². The van der Waals surface area contributed by atoms with Crippen LogP contribution < -0.4 is 4.74 Å². The second-order valence-corrected chi connectivity index (χ2v) is 5.53. The number of hydrogen-bond donors (Lipinski definition) is 0. The van der Waals surface area contributed by atoms with E-state index >= 15 is 0 Å². The fourth-order valence-corrected chi connectivity index (χ4v) is 2.94. The van der Waals surface area contributed by atoms with Gasteiger partial charge in [0.15, 0.2) is 0 Å². The number of carbonyl (C=O) groups excluding carboxylic acids is 1. The molecule has 0 N–H and O–H groups in total. The Bertz CT molecular complexity index is 469. The molecule has 4 heteroatoms. The third-order valence-electron chi connectivity index (χ3n) is 3.97. The first kappa shape index (κ1) is 13.5. The summed E-state index contributed by atoms with van der Waals surface area (Å²) in [6.07, 6.45) is 1.94. The van der Waals surface area contributed by atoms with E-state index in [4.69, 9.17) is 4.74 Å². The fourth-order valence-electron chi connectivity index (χ4n) is 2.58. The zero-order valence-electron chi connectivity index (χ0n) is 10.5. The van der Waals surface area contributed by atoms with Crippen molar-refractivity contribution in [3.63, 3.8) is 0 Å². The van der Waals surface area contributed by atoms with Crippen molar-refractivity contribution >= 4 is 21.7 Å². The van der Waals surface area contributed by atoms with Crippen molar-refractivity contribution in [3.8, 4) is 5.75 Å². The van der Waals surface area contributed by atoms with Crippen LogP contribution in [0.3, 0.4) is 0 Å². The van der Waals surface area contributed by atoms with Crippen molar-refractivity contribution < 1.29 is 13.9 Å². The van der Waals surface area contributed by atoms with Crippen LogP contribution in [0.25, 0.3) is 0 Å². The Balaban J connectivity index is 2.15. The molecule has 1 aliphatic rings. The average molecular weight is 315 g/mol. The van der Waals surface area contributed by atoms with Crippen LogP contribution in [0.1, 0.15) is 33.1 Å². The molecule has 0 amide bonds. The van der Waals surface area contributed by atoms with Gasteiger partial charge in [-0.1, -0.05) is 13.8 Å². The third kappa shape index (κ3) is 2.07. The van der Waals surface area contributed by atoms with Gasteiger partial charge in [-0.3, -0.25) is 4.79 Å². The van der Waals surface area contributed by atoms with Crippen molar-refractivity contribution in [2.45, 2.75) is 39.2 Å². The van der Waals surface area contributed by atoms with E-state index in [9.17, 15) is 9.18 Å². The van der Waals surface area contributed by atoms with Gasteiger partial charge in [0.2, 0.25) is 0 Å². The quantitative estimate of drug-likeness (QED) is 0.835. The second kappa shape index (κ2) is 5.00. The van der Waals surface area contributed by atoms with Crippen molar-refractivity contribution in [1.29, 1.82) is 0 Å². The molecule has 2 nitrogen and oxygen atoms in total. The summed E-state index contributed by atoms with van der Waals surface area (Å²) in [6, 6.07) is 4.56. The van der Waals surface area contributed by atoms with Gasteiger partial charge in [-0.15, -0.1) is 0 Å². The number of carbonyl (C=O) groups is 1. The lowest BCUT2D eigenvalue weighted by Gasteiger charge is -2.46. The first-order chi connectivity index (χ1) is 8.53. The van der Waals surface area contributed by atoms with E-state index in [0.717, 1.165) is 12.8 Å². The van der Waals surface area contributed by atoms with Gasteiger partial charge in [0.1, 0.15) is 23.5 Å². The third-order valence-corrected chi connectivity index (χ3v) is 4.58. The number of halogens is 2. The maximum atomic E-state index is 13.1. The van der Waals surface area contributed by atoms with E-state index < -0.39 is 0 Å². The number of rotatable bonds is 4. The highest BCUT2D eigenvalue weighted by Gasteiger charge is 2.53. The summed E-state index contributed by atoms with van der Waals surface area (Å²) in [5.41, 5.74) is -0.346. The SMILES string of the molecule is CCC1(CC)C(=O)CC1Oc1ccc(F)c(Br)c1. The van der Waals surface area contributed by atoms with Gasteiger partial charge in [-0.25, -0.2) is 4.39 Å². The summed E-state index contributed by atoms with van der Waals surface area (Å²) in [6.45, 7) is 4.02. The average Bonchev–Trinajstić information content (AvgIpc) is 2.35. The summed E-state index contributed by atoms with van der Waals surface area (Å²) in [7, 11) is 0. The molecule has 18 heavy (non-hydrogen) atoms. The van der Waals surface area contributed by atoms with Gasteiger partial charge in [-0.05, 0) is 47.0 Å². The molecule has 1 aromatic carbocycles. The molecule has 2 rings (SSSR count).